The van der Waals surface area contributed by atoms with Crippen LogP contribution in [0.4, 0.5) is 5.69 Å². The minimum atomic E-state index is -0.535. The summed E-state index contributed by atoms with van der Waals surface area (Å²) in [5.41, 5.74) is 1.51. The van der Waals surface area contributed by atoms with Crippen LogP contribution in [0.5, 0.6) is 5.75 Å². The number of nitrogens with zero attached hydrogens (tertiary/aromatic N) is 1. The molecule has 6 nitrogen and oxygen atoms in total. The molecule has 0 spiro atoms. The number of benzene rings is 1. The second-order valence-electron chi connectivity index (χ2n) is 5.35. The van der Waals surface area contributed by atoms with Crippen LogP contribution in [0, 0.1) is 0 Å². The van der Waals surface area contributed by atoms with Gasteiger partial charge >= 0.3 is 5.97 Å². The summed E-state index contributed by atoms with van der Waals surface area (Å²) in [6.45, 7) is 3.16. The zero-order chi connectivity index (χ0) is 15.9. The van der Waals surface area contributed by atoms with Gasteiger partial charge in [0.25, 0.3) is 5.56 Å². The quantitative estimate of drug-likeness (QED) is 0.858. The van der Waals surface area contributed by atoms with Crippen molar-refractivity contribution in [2.75, 3.05) is 5.32 Å². The number of anilines is 1. The molecule has 0 saturated carbocycles. The van der Waals surface area contributed by atoms with Gasteiger partial charge in [-0.15, -0.1) is 0 Å². The Morgan fingerprint density at radius 2 is 2.05 bits per heavy atom. The molecule has 0 saturated heterocycles. The molecular weight excluding hydrogens is 284 g/mol. The van der Waals surface area contributed by atoms with Crippen LogP contribution in [0.1, 0.15) is 25.8 Å². The second-order valence-corrected chi connectivity index (χ2v) is 5.35. The molecule has 114 valence electrons. The molecule has 1 aliphatic heterocycles. The Morgan fingerprint density at radius 3 is 2.73 bits per heavy atom. The van der Waals surface area contributed by atoms with E-state index in [-0.39, 0.29) is 22.9 Å². The highest BCUT2D eigenvalue weighted by Gasteiger charge is 2.23. The van der Waals surface area contributed by atoms with Gasteiger partial charge in [-0.1, -0.05) is 12.1 Å². The second kappa shape index (κ2) is 5.29. The van der Waals surface area contributed by atoms with E-state index < -0.39 is 5.97 Å². The largest absolute Gasteiger partial charge is 0.424 e. The van der Waals surface area contributed by atoms with Crippen molar-refractivity contribution < 1.29 is 14.3 Å². The van der Waals surface area contributed by atoms with Crippen molar-refractivity contribution in [1.29, 1.82) is 0 Å². The van der Waals surface area contributed by atoms with E-state index in [2.05, 4.69) is 5.32 Å². The monoisotopic (exact) mass is 300 g/mol. The summed E-state index contributed by atoms with van der Waals surface area (Å²) in [7, 11) is 0. The van der Waals surface area contributed by atoms with Gasteiger partial charge in [-0.05, 0) is 24.5 Å². The Morgan fingerprint density at radius 1 is 1.27 bits per heavy atom. The smallest absolute Gasteiger partial charge is 0.308 e. The first-order valence-corrected chi connectivity index (χ1v) is 7.13. The van der Waals surface area contributed by atoms with Crippen molar-refractivity contribution in [1.82, 2.24) is 4.57 Å². The van der Waals surface area contributed by atoms with Crippen molar-refractivity contribution in [3.05, 3.63) is 34.1 Å². The fraction of sp³-hybridized carbons (Fsp3) is 0.312. The fourth-order valence-corrected chi connectivity index (χ4v) is 2.94. The third kappa shape index (κ3) is 2.26. The van der Waals surface area contributed by atoms with E-state index in [4.69, 9.17) is 4.74 Å². The third-order valence-corrected chi connectivity index (χ3v) is 3.69. The lowest BCUT2D eigenvalue weighted by Crippen LogP contribution is -2.29. The normalized spacial score (nSPS) is 13.0. The van der Waals surface area contributed by atoms with Gasteiger partial charge in [0.1, 0.15) is 0 Å². The van der Waals surface area contributed by atoms with Gasteiger partial charge in [0, 0.05) is 25.8 Å². The lowest BCUT2D eigenvalue weighted by atomic mass is 10.0. The fourth-order valence-electron chi connectivity index (χ4n) is 2.94. The van der Waals surface area contributed by atoms with E-state index >= 15 is 0 Å². The number of ether oxygens (including phenoxy) is 1. The van der Waals surface area contributed by atoms with E-state index in [1.807, 2.05) is 12.1 Å². The topological polar surface area (TPSA) is 77.4 Å². The first-order chi connectivity index (χ1) is 10.5. The van der Waals surface area contributed by atoms with Crippen LogP contribution in [-0.2, 0) is 22.6 Å². The summed E-state index contributed by atoms with van der Waals surface area (Å²) >= 11 is 0. The molecule has 0 aliphatic carbocycles. The van der Waals surface area contributed by atoms with Crippen molar-refractivity contribution in [3.63, 3.8) is 0 Å². The molecule has 0 atom stereocenters. The van der Waals surface area contributed by atoms with Crippen LogP contribution in [0.3, 0.4) is 0 Å². The maximum Gasteiger partial charge on any atom is 0.308 e. The molecule has 0 unspecified atom stereocenters. The molecule has 2 heterocycles. The van der Waals surface area contributed by atoms with Gasteiger partial charge in [0.2, 0.25) is 5.91 Å². The SMILES string of the molecule is CC(=O)Nc1c(OC(C)=O)c2cccc3c2n(c1=O)CCC3. The minimum absolute atomic E-state index is 0.0225. The van der Waals surface area contributed by atoms with Crippen LogP contribution in [0.15, 0.2) is 23.0 Å². The molecule has 6 heteroatoms. The Hall–Kier alpha value is -2.63. The summed E-state index contributed by atoms with van der Waals surface area (Å²) in [4.78, 5) is 35.5. The van der Waals surface area contributed by atoms with Crippen LogP contribution < -0.4 is 15.6 Å². The number of amides is 1. The summed E-state index contributed by atoms with van der Waals surface area (Å²) in [6, 6.07) is 5.62. The Labute approximate surface area is 126 Å². The first-order valence-electron chi connectivity index (χ1n) is 7.13. The number of aromatic nitrogens is 1. The molecule has 1 aromatic carbocycles. The van der Waals surface area contributed by atoms with Crippen LogP contribution >= 0.6 is 0 Å². The van der Waals surface area contributed by atoms with Crippen molar-refractivity contribution in [2.24, 2.45) is 0 Å². The van der Waals surface area contributed by atoms with Gasteiger partial charge in [-0.25, -0.2) is 0 Å². The van der Waals surface area contributed by atoms with E-state index in [0.29, 0.717) is 11.9 Å². The van der Waals surface area contributed by atoms with Crippen LogP contribution in [0.25, 0.3) is 10.9 Å². The lowest BCUT2D eigenvalue weighted by Gasteiger charge is -2.22. The van der Waals surface area contributed by atoms with E-state index in [0.717, 1.165) is 23.9 Å². The molecule has 2 aromatic rings. The van der Waals surface area contributed by atoms with Gasteiger partial charge in [-0.3, -0.25) is 14.4 Å². The number of pyridine rings is 1. The zero-order valence-corrected chi connectivity index (χ0v) is 12.4. The van der Waals surface area contributed by atoms with E-state index in [1.165, 1.54) is 13.8 Å². The number of para-hydroxylation sites is 1. The number of esters is 1. The average Bonchev–Trinajstić information content (AvgIpc) is 2.47. The third-order valence-electron chi connectivity index (χ3n) is 3.69. The molecule has 0 bridgehead atoms. The van der Waals surface area contributed by atoms with Gasteiger partial charge in [0.05, 0.1) is 5.52 Å². The van der Waals surface area contributed by atoms with Crippen molar-refractivity contribution in [2.45, 2.75) is 33.2 Å². The predicted molar refractivity (Wildman–Crippen MR) is 82.1 cm³/mol. The number of carbonyl (C=O) groups excluding carboxylic acids is 2. The summed E-state index contributed by atoms with van der Waals surface area (Å²) in [5.74, 6) is -0.792. The summed E-state index contributed by atoms with van der Waals surface area (Å²) in [5, 5.41) is 3.17. The van der Waals surface area contributed by atoms with Crippen LogP contribution in [0.2, 0.25) is 0 Å². The number of rotatable bonds is 2. The summed E-state index contributed by atoms with van der Waals surface area (Å²) in [6.07, 6.45) is 1.73. The number of hydrogen-bond donors (Lipinski definition) is 1. The minimum Gasteiger partial charge on any atom is -0.424 e. The molecular formula is C16H16N2O4. The molecule has 22 heavy (non-hydrogen) atoms. The zero-order valence-electron chi connectivity index (χ0n) is 12.4. The highest BCUT2D eigenvalue weighted by atomic mass is 16.5. The number of nitrogens with one attached hydrogen (secondary N) is 1. The molecule has 1 aromatic heterocycles. The Kier molecular flexibility index (Phi) is 3.44. The molecule has 0 fully saturated rings. The van der Waals surface area contributed by atoms with Crippen molar-refractivity contribution >= 4 is 28.5 Å². The Balaban J connectivity index is 2.42. The maximum absolute atomic E-state index is 12.7. The molecule has 1 aliphatic rings. The van der Waals surface area contributed by atoms with E-state index in [1.54, 1.807) is 10.6 Å². The summed E-state index contributed by atoms with van der Waals surface area (Å²) < 4.78 is 6.90. The predicted octanol–water partition coefficient (Wildman–Crippen LogP) is 1.83. The number of aryl methyl sites for hydroxylation is 2. The van der Waals surface area contributed by atoms with E-state index in [9.17, 15) is 14.4 Å². The van der Waals surface area contributed by atoms with Crippen LogP contribution in [-0.4, -0.2) is 16.4 Å². The highest BCUT2D eigenvalue weighted by Crippen LogP contribution is 2.35. The first kappa shape index (κ1) is 14.3. The molecule has 1 amide bonds. The molecule has 1 N–H and O–H groups in total. The number of carbonyl (C=O) groups is 2. The number of hydrogen-bond acceptors (Lipinski definition) is 4. The van der Waals surface area contributed by atoms with Crippen molar-refractivity contribution in [3.8, 4) is 5.75 Å². The molecule has 0 radical (unpaired) electrons. The lowest BCUT2D eigenvalue weighted by molar-refractivity contribution is -0.131. The highest BCUT2D eigenvalue weighted by molar-refractivity contribution is 5.99. The standard InChI is InChI=1S/C16H16N2O4/c1-9(19)17-13-15(22-10(2)20)12-7-3-5-11-6-4-8-18(14(11)12)16(13)21/h3,5,7H,4,6,8H2,1-2H3,(H,17,19). The average molecular weight is 300 g/mol. The Bertz CT molecular complexity index is 851. The maximum atomic E-state index is 12.7. The van der Waals surface area contributed by atoms with Gasteiger partial charge in [-0.2, -0.15) is 0 Å². The van der Waals surface area contributed by atoms with Gasteiger partial charge < -0.3 is 14.6 Å². The van der Waals surface area contributed by atoms with Gasteiger partial charge in [0.15, 0.2) is 11.4 Å². The molecule has 3 rings (SSSR count).